The van der Waals surface area contributed by atoms with E-state index in [1.807, 2.05) is 49.4 Å². The largest absolute Gasteiger partial charge is 0.492 e. The predicted octanol–water partition coefficient (Wildman–Crippen LogP) is 5.57. The first kappa shape index (κ1) is 27.0. The third-order valence-electron chi connectivity index (χ3n) is 7.58. The molecule has 3 aromatic rings. The lowest BCUT2D eigenvalue weighted by Crippen LogP contribution is -2.29. The van der Waals surface area contributed by atoms with Crippen LogP contribution >= 0.6 is 0 Å². The predicted molar refractivity (Wildman–Crippen MR) is 150 cm³/mol. The Kier molecular flexibility index (Phi) is 7.82. The van der Waals surface area contributed by atoms with Crippen LogP contribution in [0, 0.1) is 17.2 Å². The van der Waals surface area contributed by atoms with Crippen molar-refractivity contribution in [2.24, 2.45) is 5.92 Å². The highest BCUT2D eigenvalue weighted by Gasteiger charge is 2.31. The Labute approximate surface area is 229 Å². The zero-order valence-corrected chi connectivity index (χ0v) is 23.1. The van der Waals surface area contributed by atoms with Crippen LogP contribution in [0.2, 0.25) is 0 Å². The van der Waals surface area contributed by atoms with Crippen molar-refractivity contribution in [3.05, 3.63) is 48.0 Å². The monoisotopic (exact) mass is 550 g/mol. The molecule has 1 unspecified atom stereocenters. The summed E-state index contributed by atoms with van der Waals surface area (Å²) >= 11 is 0. The molecule has 0 saturated heterocycles. The highest BCUT2D eigenvalue weighted by molar-refractivity contribution is 7.89. The number of ether oxygens (including phenoxy) is 2. The molecule has 1 atom stereocenters. The lowest BCUT2D eigenvalue weighted by molar-refractivity contribution is 0.108. The summed E-state index contributed by atoms with van der Waals surface area (Å²) in [4.78, 5) is 12.3. The molecule has 0 radical (unpaired) electrons. The van der Waals surface area contributed by atoms with Crippen LogP contribution in [-0.2, 0) is 14.8 Å². The maximum atomic E-state index is 12.3. The molecule has 9 nitrogen and oxygen atoms in total. The first-order valence-electron chi connectivity index (χ1n) is 13.6. The molecule has 39 heavy (non-hydrogen) atoms. The second-order valence-electron chi connectivity index (χ2n) is 10.3. The number of carbonyl (C=O) groups is 1. The van der Waals surface area contributed by atoms with Crippen LogP contribution in [0.4, 0.5) is 10.5 Å². The molecule has 5 rings (SSSR count). The maximum absolute atomic E-state index is 12.3. The van der Waals surface area contributed by atoms with E-state index in [0.717, 1.165) is 54.3 Å². The molecule has 0 spiro atoms. The topological polar surface area (TPSA) is 122 Å². The fourth-order valence-corrected chi connectivity index (χ4v) is 5.56. The van der Waals surface area contributed by atoms with E-state index >= 15 is 0 Å². The van der Waals surface area contributed by atoms with E-state index < -0.39 is 16.1 Å². The summed E-state index contributed by atoms with van der Waals surface area (Å²) in [6, 6.07) is 15.8. The zero-order chi connectivity index (χ0) is 27.6. The third kappa shape index (κ3) is 6.05. The van der Waals surface area contributed by atoms with Crippen molar-refractivity contribution in [2.75, 3.05) is 24.2 Å². The average Bonchev–Trinajstić information content (AvgIpc) is 3.70. The third-order valence-corrected chi connectivity index (χ3v) is 8.99. The number of aromatic nitrogens is 1. The van der Waals surface area contributed by atoms with E-state index in [1.165, 1.54) is 0 Å². The quantitative estimate of drug-likeness (QED) is 0.301. The van der Waals surface area contributed by atoms with Crippen molar-refractivity contribution in [1.29, 1.82) is 5.26 Å². The maximum Gasteiger partial charge on any atom is 0.411 e. The normalized spacial score (nSPS) is 16.3. The molecule has 2 fully saturated rings. The minimum absolute atomic E-state index is 0.0222. The van der Waals surface area contributed by atoms with E-state index in [1.54, 1.807) is 6.92 Å². The van der Waals surface area contributed by atoms with Crippen molar-refractivity contribution < 1.29 is 22.7 Å². The summed E-state index contributed by atoms with van der Waals surface area (Å²) in [7, 11) is -3.28. The van der Waals surface area contributed by atoms with E-state index in [9.17, 15) is 18.5 Å². The zero-order valence-electron chi connectivity index (χ0n) is 22.3. The molecule has 2 N–H and O–H groups in total. The Morgan fingerprint density at radius 3 is 2.51 bits per heavy atom. The number of sulfonamides is 1. The van der Waals surface area contributed by atoms with Gasteiger partial charge in [0.05, 0.1) is 22.5 Å². The van der Waals surface area contributed by atoms with Crippen LogP contribution in [-0.4, -0.2) is 44.1 Å². The molecule has 1 heterocycles. The second kappa shape index (κ2) is 11.3. The molecule has 2 aliphatic carbocycles. The standard InChI is InChI=1S/C29H34N4O5S/c1-3-39(35,36)31-15-16-37-24-13-14-25-26(18-30)28(33(27(25)17-24)23-5-4-6-23)21-9-11-22(12-10-21)32-29(34)38-19(2)20-7-8-20/h9-14,17,19-20,23,31H,3-8,15-16H2,1-2H3,(H,32,34). The summed E-state index contributed by atoms with van der Waals surface area (Å²) in [5.41, 5.74) is 3.87. The Hall–Kier alpha value is -3.55. The summed E-state index contributed by atoms with van der Waals surface area (Å²) in [5, 5.41) is 13.8. The number of fused-ring (bicyclic) bond motifs is 1. The summed E-state index contributed by atoms with van der Waals surface area (Å²) in [6.45, 7) is 3.89. The number of hydrogen-bond donors (Lipinski definition) is 2. The molecule has 206 valence electrons. The van der Waals surface area contributed by atoms with Gasteiger partial charge in [-0.3, -0.25) is 5.32 Å². The average molecular weight is 551 g/mol. The van der Waals surface area contributed by atoms with Gasteiger partial charge in [-0.25, -0.2) is 17.9 Å². The second-order valence-corrected chi connectivity index (χ2v) is 12.4. The summed E-state index contributed by atoms with van der Waals surface area (Å²) < 4.78 is 39.4. The highest BCUT2D eigenvalue weighted by Crippen LogP contribution is 2.43. The highest BCUT2D eigenvalue weighted by atomic mass is 32.2. The van der Waals surface area contributed by atoms with Crippen molar-refractivity contribution in [3.8, 4) is 23.1 Å². The van der Waals surface area contributed by atoms with Crippen LogP contribution in [0.3, 0.4) is 0 Å². The number of nitrogens with one attached hydrogen (secondary N) is 2. The number of nitrogens with zero attached hydrogens (tertiary/aromatic N) is 2. The van der Waals surface area contributed by atoms with Gasteiger partial charge in [0.15, 0.2) is 0 Å². The molecular weight excluding hydrogens is 516 g/mol. The number of carbonyl (C=O) groups excluding carboxylic acids is 1. The number of anilines is 1. The first-order chi connectivity index (χ1) is 18.8. The summed E-state index contributed by atoms with van der Waals surface area (Å²) in [6.07, 6.45) is 4.84. The molecule has 2 aliphatic rings. The Balaban J connectivity index is 1.39. The Morgan fingerprint density at radius 1 is 1.15 bits per heavy atom. The number of nitriles is 1. The minimum atomic E-state index is -3.28. The minimum Gasteiger partial charge on any atom is -0.492 e. The Morgan fingerprint density at radius 2 is 1.90 bits per heavy atom. The van der Waals surface area contributed by atoms with Crippen LogP contribution in [0.5, 0.6) is 5.75 Å². The van der Waals surface area contributed by atoms with Gasteiger partial charge in [0.1, 0.15) is 24.5 Å². The molecule has 2 aromatic carbocycles. The molecule has 0 bridgehead atoms. The van der Waals surface area contributed by atoms with Gasteiger partial charge in [0.25, 0.3) is 0 Å². The fraction of sp³-hybridized carbons (Fsp3) is 0.448. The van der Waals surface area contributed by atoms with Crippen molar-refractivity contribution in [2.45, 2.75) is 58.1 Å². The van der Waals surface area contributed by atoms with Gasteiger partial charge in [0.2, 0.25) is 10.0 Å². The van der Waals surface area contributed by atoms with Gasteiger partial charge < -0.3 is 14.0 Å². The number of hydrogen-bond acceptors (Lipinski definition) is 6. The fourth-order valence-electron chi connectivity index (χ4n) is 4.96. The van der Waals surface area contributed by atoms with Gasteiger partial charge >= 0.3 is 6.09 Å². The lowest BCUT2D eigenvalue weighted by Gasteiger charge is -2.30. The summed E-state index contributed by atoms with van der Waals surface area (Å²) in [5.74, 6) is 1.11. The van der Waals surface area contributed by atoms with Gasteiger partial charge in [0, 0.05) is 29.7 Å². The van der Waals surface area contributed by atoms with Gasteiger partial charge in [-0.1, -0.05) is 12.1 Å². The molecule has 10 heteroatoms. The van der Waals surface area contributed by atoms with Crippen molar-refractivity contribution in [3.63, 3.8) is 0 Å². The van der Waals surface area contributed by atoms with E-state index in [0.29, 0.717) is 22.9 Å². The van der Waals surface area contributed by atoms with Crippen LogP contribution in [0.1, 0.15) is 57.6 Å². The number of benzene rings is 2. The van der Waals surface area contributed by atoms with Crippen molar-refractivity contribution in [1.82, 2.24) is 9.29 Å². The van der Waals surface area contributed by atoms with Gasteiger partial charge in [-0.15, -0.1) is 0 Å². The molecular formula is C29H34N4O5S. The van der Waals surface area contributed by atoms with E-state index in [2.05, 4.69) is 20.7 Å². The van der Waals surface area contributed by atoms with Gasteiger partial charge in [-0.2, -0.15) is 5.26 Å². The Bertz CT molecular complexity index is 1500. The van der Waals surface area contributed by atoms with Crippen molar-refractivity contribution >= 4 is 32.7 Å². The van der Waals surface area contributed by atoms with Crippen LogP contribution < -0.4 is 14.8 Å². The van der Waals surface area contributed by atoms with Crippen LogP contribution in [0.15, 0.2) is 42.5 Å². The van der Waals surface area contributed by atoms with Crippen LogP contribution in [0.25, 0.3) is 22.2 Å². The smallest absolute Gasteiger partial charge is 0.411 e. The van der Waals surface area contributed by atoms with E-state index in [-0.39, 0.29) is 31.1 Å². The van der Waals surface area contributed by atoms with E-state index in [4.69, 9.17) is 9.47 Å². The molecule has 1 aromatic heterocycles. The lowest BCUT2D eigenvalue weighted by atomic mass is 9.92. The number of rotatable bonds is 11. The number of amides is 1. The SMILES string of the molecule is CCS(=O)(=O)NCCOc1ccc2c(C#N)c(-c3ccc(NC(=O)OC(C)C4CC4)cc3)n(C3CCC3)c2c1. The molecule has 1 amide bonds. The first-order valence-corrected chi connectivity index (χ1v) is 15.2. The van der Waals surface area contributed by atoms with Gasteiger partial charge in [-0.05, 0) is 81.7 Å². The molecule has 0 aliphatic heterocycles. The molecule has 2 saturated carbocycles.